The van der Waals surface area contributed by atoms with E-state index in [-0.39, 0.29) is 6.03 Å². The molecule has 2 amide bonds. The average molecular weight is 291 g/mol. The first-order valence-electron chi connectivity index (χ1n) is 7.35. The molecule has 0 aromatic heterocycles. The number of nitrogens with one attached hydrogen (secondary N) is 1. The van der Waals surface area contributed by atoms with Crippen LogP contribution in [0.2, 0.25) is 0 Å². The van der Waals surface area contributed by atoms with Crippen LogP contribution < -0.4 is 5.32 Å². The fourth-order valence-corrected chi connectivity index (χ4v) is 2.66. The first-order valence-corrected chi connectivity index (χ1v) is 7.35. The highest BCUT2D eigenvalue weighted by Gasteiger charge is 2.19. The van der Waals surface area contributed by atoms with Crippen LogP contribution in [0.15, 0.2) is 48.5 Å². The van der Waals surface area contributed by atoms with Gasteiger partial charge in [-0.15, -0.1) is 0 Å². The summed E-state index contributed by atoms with van der Waals surface area (Å²) in [5.41, 5.74) is 4.17. The predicted molar refractivity (Wildman–Crippen MR) is 83.9 cm³/mol. The van der Waals surface area contributed by atoms with Crippen molar-refractivity contribution in [2.24, 2.45) is 0 Å². The van der Waals surface area contributed by atoms with Crippen molar-refractivity contribution >= 4 is 6.03 Å². The van der Waals surface area contributed by atoms with Crippen molar-refractivity contribution in [3.63, 3.8) is 0 Å². The first kappa shape index (κ1) is 14.2. The summed E-state index contributed by atoms with van der Waals surface area (Å²) < 4.78 is 0. The Labute approximate surface area is 130 Å². The molecule has 1 heterocycles. The van der Waals surface area contributed by atoms with Crippen molar-refractivity contribution in [3.05, 3.63) is 70.8 Å². The normalized spacial score (nSPS) is 13.1. The van der Waals surface area contributed by atoms with Gasteiger partial charge < -0.3 is 10.2 Å². The van der Waals surface area contributed by atoms with Crippen LogP contribution in [0.5, 0.6) is 0 Å². The van der Waals surface area contributed by atoms with Gasteiger partial charge in [0, 0.05) is 19.6 Å². The lowest BCUT2D eigenvalue weighted by Crippen LogP contribution is -2.42. The maximum Gasteiger partial charge on any atom is 0.317 e. The molecule has 0 fully saturated rings. The molecule has 4 heteroatoms. The van der Waals surface area contributed by atoms with E-state index < -0.39 is 0 Å². The Balaban J connectivity index is 1.57. The summed E-state index contributed by atoms with van der Waals surface area (Å²) in [6.45, 7) is 1.88. The minimum absolute atomic E-state index is 0.0427. The van der Waals surface area contributed by atoms with Crippen molar-refractivity contribution in [3.8, 4) is 6.07 Å². The molecule has 0 saturated heterocycles. The number of hydrogen-bond donors (Lipinski definition) is 1. The zero-order valence-electron chi connectivity index (χ0n) is 12.2. The van der Waals surface area contributed by atoms with Gasteiger partial charge in [0.2, 0.25) is 0 Å². The summed E-state index contributed by atoms with van der Waals surface area (Å²) in [5.74, 6) is 0. The minimum Gasteiger partial charge on any atom is -0.334 e. The number of hydrogen-bond acceptors (Lipinski definition) is 2. The zero-order valence-corrected chi connectivity index (χ0v) is 12.2. The lowest BCUT2D eigenvalue weighted by molar-refractivity contribution is 0.192. The molecule has 0 aliphatic carbocycles. The van der Waals surface area contributed by atoms with Gasteiger partial charge in [0.05, 0.1) is 11.6 Å². The standard InChI is InChI=1S/C18H17N3O/c19-11-14-5-7-15(8-6-14)12-20-18(22)21-10-9-16-3-1-2-4-17(16)13-21/h1-8H,9-10,12-13H2,(H,20,22). The molecule has 0 atom stereocenters. The number of carbonyl (C=O) groups excluding carboxylic acids is 1. The molecule has 0 saturated carbocycles. The van der Waals surface area contributed by atoms with E-state index in [1.54, 1.807) is 12.1 Å². The first-order chi connectivity index (χ1) is 10.8. The van der Waals surface area contributed by atoms with Gasteiger partial charge >= 0.3 is 6.03 Å². The van der Waals surface area contributed by atoms with Crippen LogP contribution in [0.3, 0.4) is 0 Å². The molecule has 0 spiro atoms. The van der Waals surface area contributed by atoms with Crippen LogP contribution in [0.4, 0.5) is 4.79 Å². The van der Waals surface area contributed by atoms with E-state index in [0.29, 0.717) is 18.7 Å². The third-order valence-corrected chi connectivity index (χ3v) is 3.94. The second kappa shape index (κ2) is 6.31. The summed E-state index contributed by atoms with van der Waals surface area (Å²) in [4.78, 5) is 14.1. The van der Waals surface area contributed by atoms with Gasteiger partial charge in [-0.3, -0.25) is 0 Å². The van der Waals surface area contributed by atoms with E-state index in [2.05, 4.69) is 23.5 Å². The van der Waals surface area contributed by atoms with Gasteiger partial charge in [-0.1, -0.05) is 36.4 Å². The number of amides is 2. The minimum atomic E-state index is -0.0427. The number of nitrogens with zero attached hydrogens (tertiary/aromatic N) is 2. The molecule has 2 aromatic carbocycles. The van der Waals surface area contributed by atoms with Gasteiger partial charge in [-0.25, -0.2) is 4.79 Å². The Hall–Kier alpha value is -2.80. The summed E-state index contributed by atoms with van der Waals surface area (Å²) >= 11 is 0. The van der Waals surface area contributed by atoms with Crippen molar-refractivity contribution in [1.29, 1.82) is 5.26 Å². The van der Waals surface area contributed by atoms with Crippen LogP contribution in [0, 0.1) is 11.3 Å². The quantitative estimate of drug-likeness (QED) is 0.925. The fourth-order valence-electron chi connectivity index (χ4n) is 2.66. The summed E-state index contributed by atoms with van der Waals surface area (Å²) in [6.07, 6.45) is 0.903. The fraction of sp³-hybridized carbons (Fsp3) is 0.222. The second-order valence-corrected chi connectivity index (χ2v) is 5.41. The van der Waals surface area contributed by atoms with Gasteiger partial charge in [0.25, 0.3) is 0 Å². The molecule has 4 nitrogen and oxygen atoms in total. The third-order valence-electron chi connectivity index (χ3n) is 3.94. The van der Waals surface area contributed by atoms with Crippen molar-refractivity contribution < 1.29 is 4.79 Å². The molecule has 1 aliphatic rings. The Morgan fingerprint density at radius 1 is 1.14 bits per heavy atom. The van der Waals surface area contributed by atoms with E-state index in [4.69, 9.17) is 5.26 Å². The van der Waals surface area contributed by atoms with E-state index in [9.17, 15) is 4.79 Å². The average Bonchev–Trinajstić information content (AvgIpc) is 2.59. The van der Waals surface area contributed by atoms with E-state index >= 15 is 0 Å². The van der Waals surface area contributed by atoms with Gasteiger partial charge in [-0.2, -0.15) is 5.26 Å². The molecule has 1 aliphatic heterocycles. The highest BCUT2D eigenvalue weighted by Crippen LogP contribution is 2.18. The molecule has 22 heavy (non-hydrogen) atoms. The van der Waals surface area contributed by atoms with Crippen LogP contribution in [0.1, 0.15) is 22.3 Å². The van der Waals surface area contributed by atoms with Gasteiger partial charge in [-0.05, 0) is 35.2 Å². The number of urea groups is 1. The number of fused-ring (bicyclic) bond motifs is 1. The van der Waals surface area contributed by atoms with Crippen LogP contribution in [0.25, 0.3) is 0 Å². The molecule has 0 radical (unpaired) electrons. The largest absolute Gasteiger partial charge is 0.334 e. The molecular weight excluding hydrogens is 274 g/mol. The summed E-state index contributed by atoms with van der Waals surface area (Å²) in [6, 6.07) is 17.6. The number of rotatable bonds is 2. The second-order valence-electron chi connectivity index (χ2n) is 5.41. The predicted octanol–water partition coefficient (Wildman–Crippen LogP) is 2.83. The SMILES string of the molecule is N#Cc1ccc(CNC(=O)N2CCc3ccccc3C2)cc1. The highest BCUT2D eigenvalue weighted by molar-refractivity contribution is 5.74. The summed E-state index contributed by atoms with van der Waals surface area (Å²) in [5, 5.41) is 11.7. The Morgan fingerprint density at radius 2 is 1.86 bits per heavy atom. The van der Waals surface area contributed by atoms with Crippen LogP contribution >= 0.6 is 0 Å². The third kappa shape index (κ3) is 3.09. The maximum atomic E-state index is 12.3. The zero-order chi connectivity index (χ0) is 15.4. The van der Waals surface area contributed by atoms with Crippen molar-refractivity contribution in [2.45, 2.75) is 19.5 Å². The molecule has 1 N–H and O–H groups in total. The summed E-state index contributed by atoms with van der Waals surface area (Å²) in [7, 11) is 0. The maximum absolute atomic E-state index is 12.3. The van der Waals surface area contributed by atoms with Crippen molar-refractivity contribution in [1.82, 2.24) is 10.2 Å². The van der Waals surface area contributed by atoms with E-state index in [1.165, 1.54) is 11.1 Å². The molecule has 0 unspecified atom stereocenters. The van der Waals surface area contributed by atoms with Crippen LogP contribution in [-0.4, -0.2) is 17.5 Å². The molecule has 2 aromatic rings. The van der Waals surface area contributed by atoms with Gasteiger partial charge in [0.15, 0.2) is 0 Å². The smallest absolute Gasteiger partial charge is 0.317 e. The Bertz CT molecular complexity index is 716. The van der Waals surface area contributed by atoms with Crippen molar-refractivity contribution in [2.75, 3.05) is 6.54 Å². The Kier molecular flexibility index (Phi) is 4.06. The topological polar surface area (TPSA) is 56.1 Å². The number of benzene rings is 2. The van der Waals surface area contributed by atoms with Crippen LogP contribution in [-0.2, 0) is 19.5 Å². The monoisotopic (exact) mass is 291 g/mol. The lowest BCUT2D eigenvalue weighted by Gasteiger charge is -2.29. The van der Waals surface area contributed by atoms with E-state index in [0.717, 1.165) is 18.5 Å². The Morgan fingerprint density at radius 3 is 2.59 bits per heavy atom. The number of carbonyl (C=O) groups is 1. The molecule has 0 bridgehead atoms. The number of nitriles is 1. The van der Waals surface area contributed by atoms with E-state index in [1.807, 2.05) is 29.2 Å². The highest BCUT2D eigenvalue weighted by atomic mass is 16.2. The molecule has 3 rings (SSSR count). The lowest BCUT2D eigenvalue weighted by atomic mass is 10.0. The van der Waals surface area contributed by atoms with Gasteiger partial charge in [0.1, 0.15) is 0 Å². The molecule has 110 valence electrons. The molecular formula is C18H17N3O.